The molecular formula is C38H46N4O2. The van der Waals surface area contributed by atoms with Gasteiger partial charge in [-0.25, -0.2) is 9.97 Å². The van der Waals surface area contributed by atoms with Crippen LogP contribution in [0.3, 0.4) is 0 Å². The maximum absolute atomic E-state index is 12.8. The van der Waals surface area contributed by atoms with Crippen molar-refractivity contribution in [1.82, 2.24) is 19.9 Å². The molecule has 3 aromatic heterocycles. The fraction of sp³-hybridized carbons (Fsp3) is 0.421. The van der Waals surface area contributed by atoms with E-state index in [0.29, 0.717) is 0 Å². The summed E-state index contributed by atoms with van der Waals surface area (Å²) in [5, 5.41) is 0. The molecule has 44 heavy (non-hydrogen) atoms. The summed E-state index contributed by atoms with van der Waals surface area (Å²) in [6, 6.07) is 6.60. The van der Waals surface area contributed by atoms with Gasteiger partial charge in [0.1, 0.15) is 11.6 Å². The third-order valence-electron chi connectivity index (χ3n) is 9.83. The van der Waals surface area contributed by atoms with Crippen LogP contribution < -0.4 is 0 Å². The van der Waals surface area contributed by atoms with Gasteiger partial charge in [0.15, 0.2) is 0 Å². The maximum Gasteiger partial charge on any atom is 0.140 e. The van der Waals surface area contributed by atoms with Crippen LogP contribution in [0.15, 0.2) is 18.2 Å². The van der Waals surface area contributed by atoms with Crippen molar-refractivity contribution < 1.29 is 9.59 Å². The molecule has 5 heterocycles. The number of rotatable bonds is 8. The van der Waals surface area contributed by atoms with Crippen LogP contribution in [0.5, 0.6) is 0 Å². The Hall–Kier alpha value is -4.06. The summed E-state index contributed by atoms with van der Waals surface area (Å²) < 4.78 is 0. The summed E-state index contributed by atoms with van der Waals surface area (Å²) in [6.45, 7) is 20.3. The van der Waals surface area contributed by atoms with Gasteiger partial charge in [-0.2, -0.15) is 0 Å². The largest absolute Gasteiger partial charge is 0.355 e. The molecule has 0 spiro atoms. The van der Waals surface area contributed by atoms with Crippen molar-refractivity contribution in [2.75, 3.05) is 0 Å². The number of Topliss-reactive ketones (excluding diaryl/α,β-unsaturated/α-hetero) is 2. The Labute approximate surface area is 261 Å². The number of allylic oxidation sites excluding steroid dienone is 4. The number of nitrogens with zero attached hydrogens (tertiary/aromatic N) is 2. The Balaban J connectivity index is 2.05. The van der Waals surface area contributed by atoms with Gasteiger partial charge < -0.3 is 9.97 Å². The quantitative estimate of drug-likeness (QED) is 0.256. The fourth-order valence-electron chi connectivity index (χ4n) is 7.20. The molecule has 6 nitrogen and oxygen atoms in total. The second kappa shape index (κ2) is 12.1. The van der Waals surface area contributed by atoms with Crippen LogP contribution in [0, 0.1) is 19.8 Å². The zero-order chi connectivity index (χ0) is 32.0. The highest BCUT2D eigenvalue weighted by molar-refractivity contribution is 6.02. The van der Waals surface area contributed by atoms with Gasteiger partial charge in [-0.15, -0.1) is 0 Å². The summed E-state index contributed by atoms with van der Waals surface area (Å²) in [4.78, 5) is 43.6. The van der Waals surface area contributed by atoms with Gasteiger partial charge in [-0.3, -0.25) is 9.59 Å². The highest BCUT2D eigenvalue weighted by atomic mass is 16.1. The molecule has 230 valence electrons. The van der Waals surface area contributed by atoms with Crippen molar-refractivity contribution in [2.45, 2.75) is 101 Å². The first-order chi connectivity index (χ1) is 20.9. The SMILES string of the molecule is CCC1=C(C)c2nc1cc1[nH]c(cc3[nH]c(cc4nc(c2CC(C(C)=O)C(C)=O)C(CC)=C4C)c(CC)c3C)c(CC)c1C. The predicted molar refractivity (Wildman–Crippen MR) is 183 cm³/mol. The van der Waals surface area contributed by atoms with E-state index >= 15 is 0 Å². The minimum absolute atomic E-state index is 0.128. The van der Waals surface area contributed by atoms with Crippen LogP contribution in [0.1, 0.15) is 119 Å². The molecule has 0 atom stereocenters. The topological polar surface area (TPSA) is 91.5 Å². The van der Waals surface area contributed by atoms with Crippen molar-refractivity contribution in [3.05, 3.63) is 68.8 Å². The van der Waals surface area contributed by atoms with Crippen molar-refractivity contribution in [1.29, 1.82) is 0 Å². The Bertz CT molecular complexity index is 1920. The second-order valence-electron chi connectivity index (χ2n) is 12.3. The van der Waals surface area contributed by atoms with Crippen molar-refractivity contribution >= 4 is 55.9 Å². The Morgan fingerprint density at radius 2 is 1.11 bits per heavy atom. The molecule has 0 saturated carbocycles. The van der Waals surface area contributed by atoms with E-state index in [4.69, 9.17) is 9.97 Å². The summed E-state index contributed by atoms with van der Waals surface area (Å²) in [6.07, 6.45) is 3.68. The van der Waals surface area contributed by atoms with Crippen molar-refractivity contribution in [3.63, 3.8) is 0 Å². The lowest BCUT2D eigenvalue weighted by Gasteiger charge is -2.15. The van der Waals surface area contributed by atoms with Crippen LogP contribution in [0.2, 0.25) is 0 Å². The molecule has 6 heteroatoms. The molecule has 3 aromatic rings. The average Bonchev–Trinajstić information content (AvgIpc) is 3.65. The summed E-state index contributed by atoms with van der Waals surface area (Å²) in [5.41, 5.74) is 18.3. The number of hydrogen-bond acceptors (Lipinski definition) is 4. The molecule has 0 aliphatic carbocycles. The molecule has 2 aliphatic rings. The van der Waals surface area contributed by atoms with Crippen LogP contribution in [-0.2, 0) is 28.9 Å². The summed E-state index contributed by atoms with van der Waals surface area (Å²) in [5.74, 6) is -0.997. The van der Waals surface area contributed by atoms with E-state index in [1.807, 2.05) is 0 Å². The zero-order valence-corrected chi connectivity index (χ0v) is 28.1. The first-order valence-corrected chi connectivity index (χ1v) is 16.1. The van der Waals surface area contributed by atoms with Gasteiger partial charge in [0, 0.05) is 27.6 Å². The van der Waals surface area contributed by atoms with Gasteiger partial charge in [0.05, 0.1) is 28.7 Å². The predicted octanol–water partition coefficient (Wildman–Crippen LogP) is 9.07. The van der Waals surface area contributed by atoms with E-state index < -0.39 is 5.92 Å². The number of carbonyl (C=O) groups is 2. The van der Waals surface area contributed by atoms with Crippen molar-refractivity contribution in [2.24, 2.45) is 5.92 Å². The Morgan fingerprint density at radius 3 is 1.64 bits per heavy atom. The molecule has 0 saturated heterocycles. The monoisotopic (exact) mass is 590 g/mol. The number of carbonyl (C=O) groups excluding carboxylic acids is 2. The van der Waals surface area contributed by atoms with Crippen LogP contribution >= 0.6 is 0 Å². The van der Waals surface area contributed by atoms with E-state index in [9.17, 15) is 9.59 Å². The molecular weight excluding hydrogens is 544 g/mol. The highest BCUT2D eigenvalue weighted by Gasteiger charge is 2.29. The van der Waals surface area contributed by atoms with E-state index in [2.05, 4.69) is 83.6 Å². The number of ketones is 2. The number of aromatic nitrogens is 4. The minimum atomic E-state index is -0.741. The molecule has 0 radical (unpaired) electrons. The number of hydrogen-bond donors (Lipinski definition) is 2. The average molecular weight is 591 g/mol. The third-order valence-corrected chi connectivity index (χ3v) is 9.83. The van der Waals surface area contributed by atoms with Gasteiger partial charge in [0.25, 0.3) is 0 Å². The molecule has 0 unspecified atom stereocenters. The summed E-state index contributed by atoms with van der Waals surface area (Å²) >= 11 is 0. The number of aryl methyl sites for hydroxylation is 4. The van der Waals surface area contributed by atoms with Crippen molar-refractivity contribution in [3.8, 4) is 0 Å². The molecule has 8 bridgehead atoms. The first kappa shape index (κ1) is 31.4. The number of aromatic amines is 2. The number of fused-ring (bicyclic) bond motifs is 8. The lowest BCUT2D eigenvalue weighted by Crippen LogP contribution is -2.23. The number of nitrogens with one attached hydrogen (secondary N) is 2. The van der Waals surface area contributed by atoms with E-state index in [1.54, 1.807) is 0 Å². The normalized spacial score (nSPS) is 13.4. The Morgan fingerprint density at radius 1 is 0.614 bits per heavy atom. The highest BCUT2D eigenvalue weighted by Crippen LogP contribution is 2.40. The molecule has 2 N–H and O–H groups in total. The smallest absolute Gasteiger partial charge is 0.140 e. The standard InChI is InChI=1S/C38H46N4O2/c1-11-25-20(6)32-17-36-27(13-3)22(8)37(42-36)30(15-29(23(9)43)24(10)44)38-28(14-4)21(7)33(41-38)18-35-26(12-2)19(5)31(39-35)16-34(25)40-32/h16-18,29,39-40H,11-15H2,1-10H3. The van der Waals surface area contributed by atoms with Crippen LogP contribution in [0.4, 0.5) is 0 Å². The third kappa shape index (κ3) is 5.18. The van der Waals surface area contributed by atoms with E-state index in [1.165, 1.54) is 41.7 Å². The lowest BCUT2D eigenvalue weighted by molar-refractivity contribution is -0.130. The molecule has 0 fully saturated rings. The van der Waals surface area contributed by atoms with Gasteiger partial charge in [0.2, 0.25) is 0 Å². The van der Waals surface area contributed by atoms with Crippen LogP contribution in [0.25, 0.3) is 44.4 Å². The zero-order valence-electron chi connectivity index (χ0n) is 28.1. The van der Waals surface area contributed by atoms with E-state index in [-0.39, 0.29) is 18.0 Å². The first-order valence-electron chi connectivity index (χ1n) is 16.1. The van der Waals surface area contributed by atoms with Gasteiger partial charge in [-0.1, -0.05) is 27.7 Å². The Kier molecular flexibility index (Phi) is 8.66. The minimum Gasteiger partial charge on any atom is -0.355 e. The van der Waals surface area contributed by atoms with Crippen LogP contribution in [-0.4, -0.2) is 31.5 Å². The summed E-state index contributed by atoms with van der Waals surface area (Å²) in [7, 11) is 0. The van der Waals surface area contributed by atoms with Gasteiger partial charge >= 0.3 is 0 Å². The second-order valence-corrected chi connectivity index (χ2v) is 12.3. The fourth-order valence-corrected chi connectivity index (χ4v) is 7.20. The molecule has 2 aliphatic heterocycles. The number of H-pyrrole nitrogens is 2. The molecule has 0 amide bonds. The lowest BCUT2D eigenvalue weighted by atomic mass is 9.87. The molecule has 5 rings (SSSR count). The maximum atomic E-state index is 12.8. The molecule has 0 aromatic carbocycles. The van der Waals surface area contributed by atoms with Gasteiger partial charge in [-0.05, 0) is 136 Å². The van der Waals surface area contributed by atoms with E-state index in [0.717, 1.165) is 92.8 Å².